The van der Waals surface area contributed by atoms with Crippen molar-refractivity contribution < 1.29 is 22.7 Å². The predicted molar refractivity (Wildman–Crippen MR) is 90.9 cm³/mol. The fraction of sp³-hybridized carbons (Fsp3) is 0.400. The highest BCUT2D eigenvalue weighted by Crippen LogP contribution is 2.24. The molecular formula is C15H20N2O5S2. The lowest BCUT2D eigenvalue weighted by molar-refractivity contribution is 0.0702. The number of nitrogens with zero attached hydrogens (tertiary/aromatic N) is 2. The maximum atomic E-state index is 12.9. The minimum atomic E-state index is -3.80. The fourth-order valence-electron chi connectivity index (χ4n) is 2.05. The van der Waals surface area contributed by atoms with Gasteiger partial charge in [0.05, 0.1) is 11.4 Å². The monoisotopic (exact) mass is 372 g/mol. The third-order valence-electron chi connectivity index (χ3n) is 3.35. The number of rotatable bonds is 8. The van der Waals surface area contributed by atoms with Crippen molar-refractivity contribution in [2.75, 3.05) is 27.2 Å². The molecule has 0 aliphatic heterocycles. The number of carboxylic acid groups (broad SMARTS) is 1. The Morgan fingerprint density at radius 2 is 2.00 bits per heavy atom. The van der Waals surface area contributed by atoms with Gasteiger partial charge < -0.3 is 14.4 Å². The fourth-order valence-corrected chi connectivity index (χ4v) is 4.55. The number of furan rings is 1. The first-order valence-corrected chi connectivity index (χ1v) is 9.54. The lowest BCUT2D eigenvalue weighted by Gasteiger charge is -2.22. The van der Waals surface area contributed by atoms with Gasteiger partial charge in [0.1, 0.15) is 16.4 Å². The molecule has 2 rings (SSSR count). The first-order valence-electron chi connectivity index (χ1n) is 7.22. The first kappa shape index (κ1) is 18.7. The van der Waals surface area contributed by atoms with Crippen LogP contribution in [-0.2, 0) is 16.6 Å². The highest BCUT2D eigenvalue weighted by atomic mass is 32.2. The maximum Gasteiger partial charge on any atom is 0.345 e. The van der Waals surface area contributed by atoms with E-state index in [9.17, 15) is 13.2 Å². The number of carboxylic acids is 1. The molecule has 2 aromatic heterocycles. The number of aryl methyl sites for hydroxylation is 1. The molecule has 7 nitrogen and oxygen atoms in total. The van der Waals surface area contributed by atoms with E-state index < -0.39 is 16.0 Å². The Morgan fingerprint density at radius 3 is 2.50 bits per heavy atom. The van der Waals surface area contributed by atoms with Crippen LogP contribution in [0.5, 0.6) is 0 Å². The number of sulfonamides is 1. The summed E-state index contributed by atoms with van der Waals surface area (Å²) in [7, 11) is -0.0924. The highest BCUT2D eigenvalue weighted by Gasteiger charge is 2.27. The second kappa shape index (κ2) is 7.47. The Balaban J connectivity index is 2.30. The van der Waals surface area contributed by atoms with E-state index in [1.807, 2.05) is 19.0 Å². The van der Waals surface area contributed by atoms with Crippen LogP contribution in [0.25, 0.3) is 0 Å². The summed E-state index contributed by atoms with van der Waals surface area (Å²) in [4.78, 5) is 12.9. The number of likely N-dealkylation sites (N-methyl/N-ethyl adjacent to an activating group) is 1. The quantitative estimate of drug-likeness (QED) is 0.763. The third kappa shape index (κ3) is 4.44. The number of thiophene rings is 1. The van der Waals surface area contributed by atoms with Gasteiger partial charge in [-0.1, -0.05) is 0 Å². The molecule has 132 valence electrons. The predicted octanol–water partition coefficient (Wildman–Crippen LogP) is 2.10. The molecule has 0 saturated heterocycles. The maximum absolute atomic E-state index is 12.9. The summed E-state index contributed by atoms with van der Waals surface area (Å²) in [5.41, 5.74) is 0. The lowest BCUT2D eigenvalue weighted by Crippen LogP contribution is -2.36. The number of aromatic carboxylic acids is 1. The van der Waals surface area contributed by atoms with Crippen molar-refractivity contribution in [3.8, 4) is 0 Å². The van der Waals surface area contributed by atoms with Gasteiger partial charge in [-0.15, -0.1) is 11.3 Å². The molecule has 0 radical (unpaired) electrons. The van der Waals surface area contributed by atoms with E-state index in [0.717, 1.165) is 11.3 Å². The van der Waals surface area contributed by atoms with Crippen LogP contribution in [0, 0.1) is 6.92 Å². The zero-order chi connectivity index (χ0) is 17.9. The molecule has 0 aromatic carbocycles. The summed E-state index contributed by atoms with van der Waals surface area (Å²) in [6, 6.07) is 4.71. The van der Waals surface area contributed by atoms with Gasteiger partial charge in [-0.25, -0.2) is 13.2 Å². The van der Waals surface area contributed by atoms with Crippen LogP contribution in [0.2, 0.25) is 0 Å². The lowest BCUT2D eigenvalue weighted by atomic mass is 10.4. The molecule has 9 heteroatoms. The molecule has 0 bridgehead atoms. The van der Waals surface area contributed by atoms with Crippen LogP contribution in [0.15, 0.2) is 32.9 Å². The van der Waals surface area contributed by atoms with E-state index in [0.29, 0.717) is 18.1 Å². The van der Waals surface area contributed by atoms with E-state index in [2.05, 4.69) is 0 Å². The SMILES string of the molecule is Cc1ccc(CN(CCN(C)C)S(=O)(=O)c2csc(C(=O)O)c2)o1. The zero-order valence-corrected chi connectivity index (χ0v) is 15.4. The van der Waals surface area contributed by atoms with Crippen molar-refractivity contribution in [1.82, 2.24) is 9.21 Å². The van der Waals surface area contributed by atoms with E-state index in [-0.39, 0.29) is 22.9 Å². The Bertz CT molecular complexity index is 807. The molecule has 0 amide bonds. The van der Waals surface area contributed by atoms with Gasteiger partial charge in [0.2, 0.25) is 10.0 Å². The van der Waals surface area contributed by atoms with Gasteiger partial charge in [-0.05, 0) is 39.2 Å². The van der Waals surface area contributed by atoms with Crippen LogP contribution in [0.4, 0.5) is 0 Å². The third-order valence-corrected chi connectivity index (χ3v) is 6.24. The summed E-state index contributed by atoms with van der Waals surface area (Å²) in [5, 5.41) is 10.4. The van der Waals surface area contributed by atoms with E-state index >= 15 is 0 Å². The van der Waals surface area contributed by atoms with Gasteiger partial charge in [-0.2, -0.15) is 4.31 Å². The summed E-state index contributed by atoms with van der Waals surface area (Å²) in [6.07, 6.45) is 0. The molecule has 2 aromatic rings. The summed E-state index contributed by atoms with van der Waals surface area (Å²) >= 11 is 0.898. The number of hydrogen-bond donors (Lipinski definition) is 1. The van der Waals surface area contributed by atoms with Gasteiger partial charge in [0, 0.05) is 18.5 Å². The standard InChI is InChI=1S/C15H20N2O5S2/c1-11-4-5-12(22-11)9-17(7-6-16(2)3)24(20,21)13-8-14(15(18)19)23-10-13/h4-5,8,10H,6-7,9H2,1-3H3,(H,18,19). The van der Waals surface area contributed by atoms with Crippen molar-refractivity contribution in [3.63, 3.8) is 0 Å². The Hall–Kier alpha value is -1.68. The van der Waals surface area contributed by atoms with Crippen LogP contribution in [-0.4, -0.2) is 55.9 Å². The normalized spacial score (nSPS) is 12.2. The van der Waals surface area contributed by atoms with E-state index in [4.69, 9.17) is 9.52 Å². The molecule has 0 saturated carbocycles. The molecular weight excluding hydrogens is 352 g/mol. The van der Waals surface area contributed by atoms with Crippen LogP contribution >= 0.6 is 11.3 Å². The van der Waals surface area contributed by atoms with Crippen LogP contribution in [0.3, 0.4) is 0 Å². The van der Waals surface area contributed by atoms with Crippen LogP contribution < -0.4 is 0 Å². The van der Waals surface area contributed by atoms with Gasteiger partial charge in [-0.3, -0.25) is 0 Å². The van der Waals surface area contributed by atoms with Crippen molar-refractivity contribution >= 4 is 27.3 Å². The minimum absolute atomic E-state index is 0.00465. The van der Waals surface area contributed by atoms with Crippen LogP contribution in [0.1, 0.15) is 21.2 Å². The summed E-state index contributed by atoms with van der Waals surface area (Å²) in [5.74, 6) is 0.116. The average molecular weight is 372 g/mol. The summed E-state index contributed by atoms with van der Waals surface area (Å²) < 4.78 is 32.5. The number of hydrogen-bond acceptors (Lipinski definition) is 6. The molecule has 0 aliphatic carbocycles. The largest absolute Gasteiger partial charge is 0.477 e. The van der Waals surface area contributed by atoms with Gasteiger partial charge >= 0.3 is 5.97 Å². The molecule has 0 atom stereocenters. The van der Waals surface area contributed by atoms with Crippen molar-refractivity contribution in [2.45, 2.75) is 18.4 Å². The van der Waals surface area contributed by atoms with Gasteiger partial charge in [0.15, 0.2) is 0 Å². The Kier molecular flexibility index (Phi) is 5.81. The number of carbonyl (C=O) groups is 1. The Labute approximate surface area is 145 Å². The minimum Gasteiger partial charge on any atom is -0.477 e. The smallest absolute Gasteiger partial charge is 0.345 e. The molecule has 1 N–H and O–H groups in total. The second-order valence-corrected chi connectivity index (χ2v) is 8.46. The van der Waals surface area contributed by atoms with Crippen molar-refractivity contribution in [2.24, 2.45) is 0 Å². The van der Waals surface area contributed by atoms with Crippen molar-refractivity contribution in [3.05, 3.63) is 40.0 Å². The summed E-state index contributed by atoms with van der Waals surface area (Å²) in [6.45, 7) is 2.70. The highest BCUT2D eigenvalue weighted by molar-refractivity contribution is 7.89. The molecule has 2 heterocycles. The Morgan fingerprint density at radius 1 is 1.29 bits per heavy atom. The molecule has 0 fully saturated rings. The topological polar surface area (TPSA) is 91.1 Å². The molecule has 0 aliphatic rings. The van der Waals surface area contributed by atoms with E-state index in [1.54, 1.807) is 19.1 Å². The van der Waals surface area contributed by atoms with Crippen molar-refractivity contribution in [1.29, 1.82) is 0 Å². The van der Waals surface area contributed by atoms with Gasteiger partial charge in [0.25, 0.3) is 0 Å². The average Bonchev–Trinajstić information content (AvgIpc) is 3.12. The molecule has 24 heavy (non-hydrogen) atoms. The van der Waals surface area contributed by atoms with E-state index in [1.165, 1.54) is 15.8 Å². The molecule has 0 spiro atoms. The zero-order valence-electron chi connectivity index (χ0n) is 13.7. The molecule has 0 unspecified atom stereocenters. The second-order valence-electron chi connectivity index (χ2n) is 5.61. The first-order chi connectivity index (χ1) is 11.2.